The van der Waals surface area contributed by atoms with Gasteiger partial charge in [-0.1, -0.05) is 28.1 Å². The van der Waals surface area contributed by atoms with Crippen LogP contribution in [0.25, 0.3) is 16.5 Å². The lowest BCUT2D eigenvalue weighted by Gasteiger charge is -1.96. The van der Waals surface area contributed by atoms with E-state index in [9.17, 15) is 10.1 Å². The van der Waals surface area contributed by atoms with Crippen LogP contribution in [0.2, 0.25) is 0 Å². The summed E-state index contributed by atoms with van der Waals surface area (Å²) in [4.78, 5) is 11.7. The Balaban J connectivity index is 2.23. The Morgan fingerprint density at radius 3 is 2.53 bits per heavy atom. The molecule has 2 aromatic rings. The number of nitro groups is 1. The number of thiophene rings is 1. The Labute approximate surface area is 111 Å². The van der Waals surface area contributed by atoms with Crippen LogP contribution in [-0.2, 0) is 0 Å². The average molecular weight is 310 g/mol. The zero-order chi connectivity index (χ0) is 12.3. The molecule has 0 radical (unpaired) electrons. The van der Waals surface area contributed by atoms with E-state index in [2.05, 4.69) is 15.9 Å². The summed E-state index contributed by atoms with van der Waals surface area (Å²) in [6, 6.07) is 11.8. The topological polar surface area (TPSA) is 43.1 Å². The van der Waals surface area contributed by atoms with Crippen LogP contribution in [0.15, 0.2) is 47.1 Å². The number of rotatable bonds is 3. The molecule has 0 saturated carbocycles. The van der Waals surface area contributed by atoms with Crippen molar-refractivity contribution in [1.29, 1.82) is 0 Å². The van der Waals surface area contributed by atoms with Gasteiger partial charge in [0.2, 0.25) is 6.20 Å². The molecule has 0 amide bonds. The SMILES string of the molecule is O=[N+]([O-])C=Cc1ccc(-c2ccc(Br)cc2)s1. The highest BCUT2D eigenvalue weighted by atomic mass is 79.9. The molecular formula is C12H8BrNO2S. The minimum absolute atomic E-state index is 0.459. The largest absolute Gasteiger partial charge is 0.259 e. The second kappa shape index (κ2) is 5.25. The molecule has 1 heterocycles. The van der Waals surface area contributed by atoms with E-state index in [4.69, 9.17) is 0 Å². The van der Waals surface area contributed by atoms with Crippen molar-refractivity contribution in [1.82, 2.24) is 0 Å². The Kier molecular flexibility index (Phi) is 3.71. The summed E-state index contributed by atoms with van der Waals surface area (Å²) in [7, 11) is 0. The van der Waals surface area contributed by atoms with Crippen molar-refractivity contribution in [2.45, 2.75) is 0 Å². The fourth-order valence-electron chi connectivity index (χ4n) is 1.35. The molecule has 3 nitrogen and oxygen atoms in total. The van der Waals surface area contributed by atoms with E-state index in [1.807, 2.05) is 36.4 Å². The molecule has 0 aliphatic rings. The number of hydrogen-bond donors (Lipinski definition) is 0. The van der Waals surface area contributed by atoms with Crippen molar-refractivity contribution in [3.8, 4) is 10.4 Å². The number of benzene rings is 1. The summed E-state index contributed by atoms with van der Waals surface area (Å²) in [6.07, 6.45) is 2.46. The fraction of sp³-hybridized carbons (Fsp3) is 0. The van der Waals surface area contributed by atoms with Gasteiger partial charge in [-0.15, -0.1) is 11.3 Å². The summed E-state index contributed by atoms with van der Waals surface area (Å²) in [5, 5.41) is 10.2. The highest BCUT2D eigenvalue weighted by molar-refractivity contribution is 9.10. The zero-order valence-electron chi connectivity index (χ0n) is 8.67. The Hall–Kier alpha value is -1.46. The van der Waals surface area contributed by atoms with E-state index in [0.717, 1.165) is 26.0 Å². The van der Waals surface area contributed by atoms with Gasteiger partial charge in [-0.2, -0.15) is 0 Å². The molecule has 0 aliphatic carbocycles. The van der Waals surface area contributed by atoms with E-state index >= 15 is 0 Å². The third-order valence-corrected chi connectivity index (χ3v) is 3.74. The van der Waals surface area contributed by atoms with Gasteiger partial charge in [0.1, 0.15) is 0 Å². The molecule has 1 aromatic carbocycles. The molecule has 0 unspecified atom stereocenters. The maximum Gasteiger partial charge on any atom is 0.235 e. The van der Waals surface area contributed by atoms with Crippen LogP contribution in [0, 0.1) is 10.1 Å². The van der Waals surface area contributed by atoms with Gasteiger partial charge < -0.3 is 0 Å². The smallest absolute Gasteiger partial charge is 0.235 e. The highest BCUT2D eigenvalue weighted by Crippen LogP contribution is 2.29. The Morgan fingerprint density at radius 2 is 1.88 bits per heavy atom. The average Bonchev–Trinajstić information content (AvgIpc) is 2.76. The summed E-state index contributed by atoms with van der Waals surface area (Å²) in [5.41, 5.74) is 1.11. The van der Waals surface area contributed by atoms with Crippen molar-refractivity contribution < 1.29 is 4.92 Å². The molecule has 0 bridgehead atoms. The van der Waals surface area contributed by atoms with Crippen molar-refractivity contribution in [3.63, 3.8) is 0 Å². The normalized spacial score (nSPS) is 10.9. The van der Waals surface area contributed by atoms with Gasteiger partial charge in [0, 0.05) is 20.3 Å². The van der Waals surface area contributed by atoms with E-state index < -0.39 is 4.92 Å². The van der Waals surface area contributed by atoms with Crippen molar-refractivity contribution in [3.05, 3.63) is 62.1 Å². The molecule has 0 aliphatic heterocycles. The molecular weight excluding hydrogens is 302 g/mol. The molecule has 17 heavy (non-hydrogen) atoms. The van der Waals surface area contributed by atoms with Gasteiger partial charge in [0.05, 0.1) is 4.92 Å². The highest BCUT2D eigenvalue weighted by Gasteiger charge is 2.01. The number of halogens is 1. The van der Waals surface area contributed by atoms with Crippen LogP contribution in [0.3, 0.4) is 0 Å². The lowest BCUT2D eigenvalue weighted by atomic mass is 10.2. The first-order chi connectivity index (χ1) is 8.15. The fourth-order valence-corrected chi connectivity index (χ4v) is 2.52. The predicted octanol–water partition coefficient (Wildman–Crippen LogP) is 4.43. The Morgan fingerprint density at radius 1 is 1.18 bits per heavy atom. The molecule has 2 rings (SSSR count). The van der Waals surface area contributed by atoms with Gasteiger partial charge in [-0.05, 0) is 29.8 Å². The van der Waals surface area contributed by atoms with E-state index in [1.165, 1.54) is 17.4 Å². The second-order valence-corrected chi connectivity index (χ2v) is 5.34. The van der Waals surface area contributed by atoms with Crippen molar-refractivity contribution in [2.24, 2.45) is 0 Å². The molecule has 1 aromatic heterocycles. The van der Waals surface area contributed by atoms with Crippen LogP contribution in [0.1, 0.15) is 4.88 Å². The van der Waals surface area contributed by atoms with Crippen LogP contribution < -0.4 is 0 Å². The van der Waals surface area contributed by atoms with Gasteiger partial charge in [-0.3, -0.25) is 10.1 Å². The molecule has 0 fully saturated rings. The first kappa shape index (κ1) is 12.0. The van der Waals surface area contributed by atoms with E-state index in [1.54, 1.807) is 0 Å². The first-order valence-electron chi connectivity index (χ1n) is 4.82. The Bertz CT molecular complexity index is 560. The molecule has 0 N–H and O–H groups in total. The second-order valence-electron chi connectivity index (χ2n) is 3.31. The summed E-state index contributed by atoms with van der Waals surface area (Å²) in [5.74, 6) is 0. The zero-order valence-corrected chi connectivity index (χ0v) is 11.1. The third kappa shape index (κ3) is 3.25. The third-order valence-electron chi connectivity index (χ3n) is 2.12. The maximum atomic E-state index is 10.2. The number of hydrogen-bond acceptors (Lipinski definition) is 3. The minimum atomic E-state index is -0.459. The summed E-state index contributed by atoms with van der Waals surface area (Å²) < 4.78 is 1.03. The first-order valence-corrected chi connectivity index (χ1v) is 6.43. The van der Waals surface area contributed by atoms with E-state index in [0.29, 0.717) is 0 Å². The predicted molar refractivity (Wildman–Crippen MR) is 73.5 cm³/mol. The summed E-state index contributed by atoms with van der Waals surface area (Å²) in [6.45, 7) is 0. The van der Waals surface area contributed by atoms with Crippen LogP contribution in [0.5, 0.6) is 0 Å². The molecule has 0 atom stereocenters. The molecule has 0 saturated heterocycles. The molecule has 86 valence electrons. The molecule has 5 heteroatoms. The number of nitrogens with zero attached hydrogens (tertiary/aromatic N) is 1. The minimum Gasteiger partial charge on any atom is -0.259 e. The van der Waals surface area contributed by atoms with Gasteiger partial charge in [0.25, 0.3) is 0 Å². The maximum absolute atomic E-state index is 10.2. The van der Waals surface area contributed by atoms with Crippen molar-refractivity contribution in [2.75, 3.05) is 0 Å². The van der Waals surface area contributed by atoms with Crippen LogP contribution in [0.4, 0.5) is 0 Å². The van der Waals surface area contributed by atoms with E-state index in [-0.39, 0.29) is 0 Å². The van der Waals surface area contributed by atoms with Crippen LogP contribution in [-0.4, -0.2) is 4.92 Å². The monoisotopic (exact) mass is 309 g/mol. The lowest BCUT2D eigenvalue weighted by Crippen LogP contribution is -1.80. The lowest BCUT2D eigenvalue weighted by molar-refractivity contribution is -0.400. The van der Waals surface area contributed by atoms with Gasteiger partial charge in [0.15, 0.2) is 0 Å². The molecule has 0 spiro atoms. The van der Waals surface area contributed by atoms with Gasteiger partial charge in [-0.25, -0.2) is 0 Å². The standard InChI is InChI=1S/C12H8BrNO2S/c13-10-3-1-9(2-4-10)12-6-5-11(17-12)7-8-14(15)16/h1-8H. The quantitative estimate of drug-likeness (QED) is 0.622. The van der Waals surface area contributed by atoms with Crippen LogP contribution >= 0.6 is 27.3 Å². The van der Waals surface area contributed by atoms with Gasteiger partial charge >= 0.3 is 0 Å². The van der Waals surface area contributed by atoms with Crippen molar-refractivity contribution >= 4 is 33.3 Å². The summed E-state index contributed by atoms with van der Waals surface area (Å²) >= 11 is 4.91.